The number of rotatable bonds is 7. The summed E-state index contributed by atoms with van der Waals surface area (Å²) in [6, 6.07) is 13.1. The summed E-state index contributed by atoms with van der Waals surface area (Å²) in [5, 5.41) is 4.10. The molecule has 0 spiro atoms. The molecule has 21 heavy (non-hydrogen) atoms. The van der Waals surface area contributed by atoms with Crippen molar-refractivity contribution in [3.8, 4) is 11.5 Å². The van der Waals surface area contributed by atoms with Gasteiger partial charge in [0.05, 0.1) is 10.0 Å². The lowest BCUT2D eigenvalue weighted by Gasteiger charge is -2.09. The highest BCUT2D eigenvalue weighted by molar-refractivity contribution is 6.42. The summed E-state index contributed by atoms with van der Waals surface area (Å²) in [6.45, 7) is 1.75. The van der Waals surface area contributed by atoms with Gasteiger partial charge >= 0.3 is 0 Å². The maximum Gasteiger partial charge on any atom is 0.122 e. The van der Waals surface area contributed by atoms with E-state index in [9.17, 15) is 0 Å². The van der Waals surface area contributed by atoms with E-state index in [2.05, 4.69) is 5.32 Å². The fraction of sp³-hybridized carbons (Fsp3) is 0.250. The van der Waals surface area contributed by atoms with E-state index < -0.39 is 0 Å². The average Bonchev–Trinajstić information content (AvgIpc) is 2.49. The lowest BCUT2D eigenvalue weighted by molar-refractivity contribution is 0.217. The Bertz CT molecular complexity index is 573. The van der Waals surface area contributed by atoms with Crippen LogP contribution >= 0.6 is 23.2 Å². The highest BCUT2D eigenvalue weighted by Gasteiger charge is 2.00. The summed E-state index contributed by atoms with van der Waals surface area (Å²) in [7, 11) is 1.92. The molecule has 0 saturated heterocycles. The molecule has 0 aliphatic heterocycles. The SMILES string of the molecule is CNCc1ccc(OCCOc2ccc(Cl)c(Cl)c2)cc1. The van der Waals surface area contributed by atoms with Crippen molar-refractivity contribution in [1.29, 1.82) is 0 Å². The van der Waals surface area contributed by atoms with Gasteiger partial charge in [0.15, 0.2) is 0 Å². The van der Waals surface area contributed by atoms with Crippen LogP contribution in [0.5, 0.6) is 11.5 Å². The zero-order valence-electron chi connectivity index (χ0n) is 11.7. The van der Waals surface area contributed by atoms with Crippen LogP contribution in [-0.2, 0) is 6.54 Å². The Morgan fingerprint density at radius 2 is 1.48 bits per heavy atom. The number of benzene rings is 2. The highest BCUT2D eigenvalue weighted by Crippen LogP contribution is 2.26. The Kier molecular flexibility index (Phi) is 6.18. The third-order valence-electron chi connectivity index (χ3n) is 2.82. The number of halogens is 2. The van der Waals surface area contributed by atoms with Crippen molar-refractivity contribution in [2.75, 3.05) is 20.3 Å². The molecular formula is C16H17Cl2NO2. The van der Waals surface area contributed by atoms with Gasteiger partial charge in [-0.2, -0.15) is 0 Å². The van der Waals surface area contributed by atoms with Crippen molar-refractivity contribution >= 4 is 23.2 Å². The number of nitrogens with one attached hydrogen (secondary N) is 1. The first-order chi connectivity index (χ1) is 10.2. The highest BCUT2D eigenvalue weighted by atomic mass is 35.5. The van der Waals surface area contributed by atoms with Crippen LogP contribution < -0.4 is 14.8 Å². The summed E-state index contributed by atoms with van der Waals surface area (Å²) < 4.78 is 11.2. The van der Waals surface area contributed by atoms with Gasteiger partial charge in [0.1, 0.15) is 24.7 Å². The minimum atomic E-state index is 0.441. The van der Waals surface area contributed by atoms with Crippen molar-refractivity contribution in [2.45, 2.75) is 6.54 Å². The van der Waals surface area contributed by atoms with Crippen LogP contribution in [0.2, 0.25) is 10.0 Å². The Hall–Kier alpha value is -1.42. The Labute approximate surface area is 134 Å². The van der Waals surface area contributed by atoms with Gasteiger partial charge in [-0.25, -0.2) is 0 Å². The lowest BCUT2D eigenvalue weighted by atomic mass is 10.2. The molecule has 0 aliphatic carbocycles. The Morgan fingerprint density at radius 1 is 0.857 bits per heavy atom. The van der Waals surface area contributed by atoms with Crippen molar-refractivity contribution < 1.29 is 9.47 Å². The average molecular weight is 326 g/mol. The Morgan fingerprint density at radius 3 is 2.10 bits per heavy atom. The fourth-order valence-corrected chi connectivity index (χ4v) is 2.08. The topological polar surface area (TPSA) is 30.5 Å². The first-order valence-electron chi connectivity index (χ1n) is 6.63. The number of ether oxygens (including phenoxy) is 2. The Balaban J connectivity index is 1.75. The first kappa shape index (κ1) is 16.0. The van der Waals surface area contributed by atoms with Crippen LogP contribution in [0.25, 0.3) is 0 Å². The predicted molar refractivity (Wildman–Crippen MR) is 86.7 cm³/mol. The van der Waals surface area contributed by atoms with Gasteiger partial charge in [0, 0.05) is 12.6 Å². The second-order valence-electron chi connectivity index (χ2n) is 4.45. The summed E-state index contributed by atoms with van der Waals surface area (Å²) in [4.78, 5) is 0. The molecular weight excluding hydrogens is 309 g/mol. The summed E-state index contributed by atoms with van der Waals surface area (Å²) >= 11 is 11.8. The molecule has 1 N–H and O–H groups in total. The third-order valence-corrected chi connectivity index (χ3v) is 3.56. The number of hydrogen-bond acceptors (Lipinski definition) is 3. The van der Waals surface area contributed by atoms with Crippen molar-refractivity contribution in [3.05, 3.63) is 58.1 Å². The van der Waals surface area contributed by atoms with E-state index in [1.807, 2.05) is 31.3 Å². The molecule has 0 fully saturated rings. The molecule has 112 valence electrons. The molecule has 0 aromatic heterocycles. The molecule has 2 rings (SSSR count). The van der Waals surface area contributed by atoms with E-state index in [0.717, 1.165) is 12.3 Å². The second-order valence-corrected chi connectivity index (χ2v) is 5.26. The zero-order valence-corrected chi connectivity index (χ0v) is 13.2. The van der Waals surface area contributed by atoms with Crippen LogP contribution in [0, 0.1) is 0 Å². The molecule has 2 aromatic carbocycles. The first-order valence-corrected chi connectivity index (χ1v) is 7.39. The minimum absolute atomic E-state index is 0.441. The molecule has 0 saturated carbocycles. The molecule has 3 nitrogen and oxygen atoms in total. The normalized spacial score (nSPS) is 10.4. The lowest BCUT2D eigenvalue weighted by Crippen LogP contribution is -2.09. The quantitative estimate of drug-likeness (QED) is 0.775. The third kappa shape index (κ3) is 5.12. The van der Waals surface area contributed by atoms with Gasteiger partial charge in [-0.3, -0.25) is 0 Å². The molecule has 0 bridgehead atoms. The summed E-state index contributed by atoms with van der Waals surface area (Å²) in [6.07, 6.45) is 0. The molecule has 2 aromatic rings. The number of hydrogen-bond donors (Lipinski definition) is 1. The van der Waals surface area contributed by atoms with E-state index >= 15 is 0 Å². The molecule has 0 amide bonds. The van der Waals surface area contributed by atoms with E-state index in [1.165, 1.54) is 5.56 Å². The molecule has 0 aliphatic rings. The molecule has 0 heterocycles. The molecule has 0 unspecified atom stereocenters. The largest absolute Gasteiger partial charge is 0.490 e. The van der Waals surface area contributed by atoms with Gasteiger partial charge < -0.3 is 14.8 Å². The maximum atomic E-state index is 5.91. The zero-order chi connectivity index (χ0) is 15.1. The van der Waals surface area contributed by atoms with Crippen molar-refractivity contribution in [1.82, 2.24) is 5.32 Å². The van der Waals surface area contributed by atoms with Crippen molar-refractivity contribution in [2.24, 2.45) is 0 Å². The maximum absolute atomic E-state index is 5.91. The monoisotopic (exact) mass is 325 g/mol. The fourth-order valence-electron chi connectivity index (χ4n) is 1.79. The van der Waals surface area contributed by atoms with E-state index in [4.69, 9.17) is 32.7 Å². The van der Waals surface area contributed by atoms with Crippen LogP contribution in [0.3, 0.4) is 0 Å². The second kappa shape index (κ2) is 8.13. The van der Waals surface area contributed by atoms with Gasteiger partial charge in [-0.05, 0) is 36.9 Å². The van der Waals surface area contributed by atoms with E-state index in [-0.39, 0.29) is 0 Å². The van der Waals surface area contributed by atoms with Gasteiger partial charge in [-0.1, -0.05) is 35.3 Å². The van der Waals surface area contributed by atoms with Crippen LogP contribution in [0.1, 0.15) is 5.56 Å². The predicted octanol–water partition coefficient (Wildman–Crippen LogP) is 4.17. The minimum Gasteiger partial charge on any atom is -0.490 e. The van der Waals surface area contributed by atoms with Crippen LogP contribution in [0.4, 0.5) is 0 Å². The van der Waals surface area contributed by atoms with Gasteiger partial charge in [0.25, 0.3) is 0 Å². The van der Waals surface area contributed by atoms with E-state index in [1.54, 1.807) is 18.2 Å². The van der Waals surface area contributed by atoms with Crippen molar-refractivity contribution in [3.63, 3.8) is 0 Å². The van der Waals surface area contributed by atoms with Gasteiger partial charge in [0.2, 0.25) is 0 Å². The summed E-state index contributed by atoms with van der Waals surface area (Å²) in [5.74, 6) is 1.50. The molecule has 0 atom stereocenters. The van der Waals surface area contributed by atoms with Crippen LogP contribution in [-0.4, -0.2) is 20.3 Å². The van der Waals surface area contributed by atoms with E-state index in [0.29, 0.717) is 29.0 Å². The molecule has 0 radical (unpaired) electrons. The van der Waals surface area contributed by atoms with Crippen LogP contribution in [0.15, 0.2) is 42.5 Å². The van der Waals surface area contributed by atoms with Gasteiger partial charge in [-0.15, -0.1) is 0 Å². The molecule has 5 heteroatoms. The summed E-state index contributed by atoms with van der Waals surface area (Å²) in [5.41, 5.74) is 1.22. The smallest absolute Gasteiger partial charge is 0.122 e. The standard InChI is InChI=1S/C16H17Cl2NO2/c1-19-11-12-2-4-13(5-3-12)20-8-9-21-14-6-7-15(17)16(18)10-14/h2-7,10,19H,8-9,11H2,1H3.